The van der Waals surface area contributed by atoms with Crippen molar-refractivity contribution >= 4 is 0 Å². The molecule has 0 fully saturated rings. The van der Waals surface area contributed by atoms with Gasteiger partial charge >= 0.3 is 6.18 Å². The zero-order valence-electron chi connectivity index (χ0n) is 8.58. The van der Waals surface area contributed by atoms with Gasteiger partial charge in [-0.15, -0.1) is 0 Å². The fraction of sp³-hybridized carbons (Fsp3) is 0.0833. The van der Waals surface area contributed by atoms with Crippen molar-refractivity contribution in [3.8, 4) is 11.1 Å². The minimum atomic E-state index is -4.67. The van der Waals surface area contributed by atoms with Crippen molar-refractivity contribution in [1.82, 2.24) is 4.98 Å². The lowest BCUT2D eigenvalue weighted by atomic mass is 10.0. The van der Waals surface area contributed by atoms with Crippen molar-refractivity contribution in [3.63, 3.8) is 0 Å². The molecule has 0 unspecified atom stereocenters. The predicted octanol–water partition coefficient (Wildman–Crippen LogP) is 3.06. The van der Waals surface area contributed by atoms with E-state index in [9.17, 15) is 18.0 Å². The van der Waals surface area contributed by atoms with Gasteiger partial charge in [-0.1, -0.05) is 30.3 Å². The number of nitrogens with one attached hydrogen (secondary N) is 1. The van der Waals surface area contributed by atoms with E-state index in [1.165, 1.54) is 24.4 Å². The quantitative estimate of drug-likeness (QED) is 0.815. The van der Waals surface area contributed by atoms with Gasteiger partial charge in [-0.25, -0.2) is 0 Å². The molecule has 0 aliphatic heterocycles. The second-order valence-corrected chi connectivity index (χ2v) is 3.46. The van der Waals surface area contributed by atoms with E-state index in [0.717, 1.165) is 0 Å². The Labute approximate surface area is 94.7 Å². The van der Waals surface area contributed by atoms with Crippen LogP contribution in [0, 0.1) is 0 Å². The summed E-state index contributed by atoms with van der Waals surface area (Å²) < 4.78 is 38.3. The molecule has 0 saturated heterocycles. The van der Waals surface area contributed by atoms with Gasteiger partial charge in [-0.05, 0) is 11.6 Å². The maximum absolute atomic E-state index is 12.8. The third-order valence-electron chi connectivity index (χ3n) is 2.33. The van der Waals surface area contributed by atoms with Crippen LogP contribution in [-0.2, 0) is 6.18 Å². The highest BCUT2D eigenvalue weighted by Gasteiger charge is 2.36. The number of H-pyrrole nitrogens is 1. The first-order chi connectivity index (χ1) is 8.00. The highest BCUT2D eigenvalue weighted by Crippen LogP contribution is 2.33. The van der Waals surface area contributed by atoms with Gasteiger partial charge in [0.1, 0.15) is 5.56 Å². The predicted molar refractivity (Wildman–Crippen MR) is 57.5 cm³/mol. The van der Waals surface area contributed by atoms with Gasteiger partial charge in [-0.2, -0.15) is 13.2 Å². The molecule has 2 nitrogen and oxygen atoms in total. The zero-order chi connectivity index (χ0) is 12.5. The first-order valence-electron chi connectivity index (χ1n) is 4.84. The number of rotatable bonds is 1. The number of alkyl halides is 3. The Morgan fingerprint density at radius 2 is 1.65 bits per heavy atom. The molecule has 88 valence electrons. The van der Waals surface area contributed by atoms with Crippen LogP contribution in [0.4, 0.5) is 13.2 Å². The van der Waals surface area contributed by atoms with Crippen LogP contribution < -0.4 is 5.56 Å². The van der Waals surface area contributed by atoms with Crippen LogP contribution in [0.25, 0.3) is 11.1 Å². The van der Waals surface area contributed by atoms with Crippen LogP contribution in [0.5, 0.6) is 0 Å². The SMILES string of the molecule is O=c1[nH]ccc(-c2ccccc2)c1C(F)(F)F. The number of halogens is 3. The van der Waals surface area contributed by atoms with Gasteiger partial charge in [0.15, 0.2) is 0 Å². The molecule has 0 saturated carbocycles. The van der Waals surface area contributed by atoms with Crippen LogP contribution in [0.3, 0.4) is 0 Å². The lowest BCUT2D eigenvalue weighted by Gasteiger charge is -2.11. The molecule has 0 bridgehead atoms. The van der Waals surface area contributed by atoms with Crippen LogP contribution in [0.1, 0.15) is 5.56 Å². The van der Waals surface area contributed by atoms with Crippen molar-refractivity contribution in [2.75, 3.05) is 0 Å². The van der Waals surface area contributed by atoms with Crippen LogP contribution in [0.2, 0.25) is 0 Å². The molecule has 17 heavy (non-hydrogen) atoms. The molecule has 0 aliphatic carbocycles. The summed E-state index contributed by atoms with van der Waals surface area (Å²) in [5, 5.41) is 0. The third kappa shape index (κ3) is 2.22. The maximum atomic E-state index is 12.8. The molecule has 1 heterocycles. The zero-order valence-corrected chi connectivity index (χ0v) is 8.58. The number of benzene rings is 1. The maximum Gasteiger partial charge on any atom is 0.422 e. The molecule has 2 rings (SSSR count). The number of aromatic amines is 1. The van der Waals surface area contributed by atoms with Gasteiger partial charge in [0.05, 0.1) is 0 Å². The molecule has 0 aliphatic rings. The first kappa shape index (κ1) is 11.4. The summed E-state index contributed by atoms with van der Waals surface area (Å²) in [7, 11) is 0. The van der Waals surface area contributed by atoms with E-state index in [0.29, 0.717) is 5.56 Å². The standard InChI is InChI=1S/C12H8F3NO/c13-12(14,15)10-9(6-7-16-11(10)17)8-4-2-1-3-5-8/h1-7H,(H,16,17). The average Bonchev–Trinajstić information content (AvgIpc) is 2.28. The molecule has 0 spiro atoms. The average molecular weight is 239 g/mol. The smallest absolute Gasteiger partial charge is 0.329 e. The fourth-order valence-electron chi connectivity index (χ4n) is 1.62. The molecule has 0 amide bonds. The minimum absolute atomic E-state index is 0.109. The summed E-state index contributed by atoms with van der Waals surface area (Å²) in [4.78, 5) is 13.3. The van der Waals surface area contributed by atoms with Gasteiger partial charge in [0.25, 0.3) is 5.56 Å². The van der Waals surface area contributed by atoms with Crippen molar-refractivity contribution in [1.29, 1.82) is 0 Å². The highest BCUT2D eigenvalue weighted by molar-refractivity contribution is 5.67. The Morgan fingerprint density at radius 3 is 2.24 bits per heavy atom. The van der Waals surface area contributed by atoms with E-state index in [1.807, 2.05) is 4.98 Å². The third-order valence-corrected chi connectivity index (χ3v) is 2.33. The summed E-state index contributed by atoms with van der Waals surface area (Å²) in [6.07, 6.45) is -3.46. The van der Waals surface area contributed by atoms with Gasteiger partial charge < -0.3 is 4.98 Å². The summed E-state index contributed by atoms with van der Waals surface area (Å²) in [5.41, 5.74) is -2.03. The van der Waals surface area contributed by atoms with Crippen molar-refractivity contribution in [2.24, 2.45) is 0 Å². The largest absolute Gasteiger partial charge is 0.422 e. The second kappa shape index (κ2) is 4.08. The number of hydrogen-bond acceptors (Lipinski definition) is 1. The first-order valence-corrected chi connectivity index (χ1v) is 4.84. The Bertz CT molecular complexity index is 572. The second-order valence-electron chi connectivity index (χ2n) is 3.46. The summed E-state index contributed by atoms with van der Waals surface area (Å²) in [6, 6.07) is 9.25. The molecule has 2 aromatic rings. The van der Waals surface area contributed by atoms with E-state index in [1.54, 1.807) is 18.2 Å². The Hall–Kier alpha value is -2.04. The van der Waals surface area contributed by atoms with Crippen LogP contribution in [-0.4, -0.2) is 4.98 Å². The number of hydrogen-bond donors (Lipinski definition) is 1. The van der Waals surface area contributed by atoms with Crippen molar-refractivity contribution in [3.05, 3.63) is 58.5 Å². The van der Waals surface area contributed by atoms with E-state index in [4.69, 9.17) is 0 Å². The fourth-order valence-corrected chi connectivity index (χ4v) is 1.62. The molecule has 1 aromatic carbocycles. The van der Waals surface area contributed by atoms with E-state index >= 15 is 0 Å². The van der Waals surface area contributed by atoms with Gasteiger partial charge in [-0.3, -0.25) is 4.79 Å². The molecule has 1 N–H and O–H groups in total. The monoisotopic (exact) mass is 239 g/mol. The normalized spacial score (nSPS) is 11.5. The van der Waals surface area contributed by atoms with Gasteiger partial charge in [0, 0.05) is 11.8 Å². The molecule has 0 atom stereocenters. The molecular formula is C12H8F3NO. The van der Waals surface area contributed by atoms with Gasteiger partial charge in [0.2, 0.25) is 0 Å². The molecule has 5 heteroatoms. The van der Waals surface area contributed by atoms with E-state index < -0.39 is 17.3 Å². The van der Waals surface area contributed by atoms with E-state index in [2.05, 4.69) is 0 Å². The van der Waals surface area contributed by atoms with Crippen molar-refractivity contribution in [2.45, 2.75) is 6.18 Å². The summed E-state index contributed by atoms with van der Waals surface area (Å²) >= 11 is 0. The van der Waals surface area contributed by atoms with Crippen molar-refractivity contribution < 1.29 is 13.2 Å². The minimum Gasteiger partial charge on any atom is -0.329 e. The summed E-state index contributed by atoms with van der Waals surface area (Å²) in [6.45, 7) is 0. The lowest BCUT2D eigenvalue weighted by molar-refractivity contribution is -0.138. The Kier molecular flexibility index (Phi) is 2.75. The number of aromatic nitrogens is 1. The number of pyridine rings is 1. The highest BCUT2D eigenvalue weighted by atomic mass is 19.4. The molecular weight excluding hydrogens is 231 g/mol. The molecule has 0 radical (unpaired) electrons. The summed E-state index contributed by atoms with van der Waals surface area (Å²) in [5.74, 6) is 0. The van der Waals surface area contributed by atoms with Crippen LogP contribution in [0.15, 0.2) is 47.4 Å². The Morgan fingerprint density at radius 1 is 1.00 bits per heavy atom. The molecule has 1 aromatic heterocycles. The topological polar surface area (TPSA) is 32.9 Å². The van der Waals surface area contributed by atoms with E-state index in [-0.39, 0.29) is 5.56 Å². The van der Waals surface area contributed by atoms with Crippen LogP contribution >= 0.6 is 0 Å². The lowest BCUT2D eigenvalue weighted by Crippen LogP contribution is -2.22. The Balaban J connectivity index is 2.72.